The highest BCUT2D eigenvalue weighted by molar-refractivity contribution is 5.86. The first kappa shape index (κ1) is 18.7. The van der Waals surface area contributed by atoms with Crippen LogP contribution >= 0.6 is 0 Å². The van der Waals surface area contributed by atoms with E-state index in [2.05, 4.69) is 46.8 Å². The zero-order valence-corrected chi connectivity index (χ0v) is 17.6. The summed E-state index contributed by atoms with van der Waals surface area (Å²) in [4.78, 5) is 19.7. The predicted octanol–water partition coefficient (Wildman–Crippen LogP) is 3.81. The Morgan fingerprint density at radius 2 is 1.87 bits per heavy atom. The van der Waals surface area contributed by atoms with Crippen LogP contribution in [0, 0.1) is 0 Å². The summed E-state index contributed by atoms with van der Waals surface area (Å²) in [7, 11) is 0. The minimum Gasteiger partial charge on any atom is -0.368 e. The van der Waals surface area contributed by atoms with Crippen molar-refractivity contribution in [2.45, 2.75) is 37.5 Å². The standard InChI is InChI=1S/C22H27N9/c1-2-6-22(7-3-1)14-26-30-20-18(22)19-16(27-20)13-25-21(29-19)28-17-5-4-15(12-24-17)31-10-8-23-9-11-31/h4-5,12-13,23,27H,1-3,6-11,14H2,(H,24,25,28,29). The summed E-state index contributed by atoms with van der Waals surface area (Å²) in [6, 6.07) is 4.10. The molecule has 3 aromatic heterocycles. The van der Waals surface area contributed by atoms with E-state index < -0.39 is 0 Å². The fraction of sp³-hybridized carbons (Fsp3) is 0.500. The first-order chi connectivity index (χ1) is 15.3. The molecule has 9 nitrogen and oxygen atoms in total. The van der Waals surface area contributed by atoms with Gasteiger partial charge < -0.3 is 20.5 Å². The molecule has 3 aliphatic rings. The van der Waals surface area contributed by atoms with Crippen LogP contribution in [0.4, 0.5) is 23.3 Å². The summed E-state index contributed by atoms with van der Waals surface area (Å²) >= 11 is 0. The quantitative estimate of drug-likeness (QED) is 0.598. The molecule has 1 spiro atoms. The van der Waals surface area contributed by atoms with E-state index in [-0.39, 0.29) is 5.41 Å². The molecule has 1 aliphatic carbocycles. The van der Waals surface area contributed by atoms with E-state index in [1.54, 1.807) is 0 Å². The largest absolute Gasteiger partial charge is 0.368 e. The molecule has 2 fully saturated rings. The van der Waals surface area contributed by atoms with E-state index in [0.29, 0.717) is 5.95 Å². The number of nitrogens with zero attached hydrogens (tertiary/aromatic N) is 6. The molecule has 160 valence electrons. The second-order valence-electron chi connectivity index (χ2n) is 8.81. The monoisotopic (exact) mass is 417 g/mol. The van der Waals surface area contributed by atoms with Gasteiger partial charge in [-0.25, -0.2) is 15.0 Å². The molecule has 0 aromatic carbocycles. The van der Waals surface area contributed by atoms with Gasteiger partial charge in [0.2, 0.25) is 5.95 Å². The molecule has 0 unspecified atom stereocenters. The number of anilines is 3. The van der Waals surface area contributed by atoms with Gasteiger partial charge in [0.1, 0.15) is 5.82 Å². The smallest absolute Gasteiger partial charge is 0.229 e. The first-order valence-electron chi connectivity index (χ1n) is 11.3. The minimum absolute atomic E-state index is 0.0579. The van der Waals surface area contributed by atoms with Gasteiger partial charge in [-0.15, -0.1) is 5.11 Å². The van der Waals surface area contributed by atoms with E-state index in [4.69, 9.17) is 4.98 Å². The lowest BCUT2D eigenvalue weighted by molar-refractivity contribution is 0.295. The minimum atomic E-state index is 0.0579. The number of aromatic amines is 1. The van der Waals surface area contributed by atoms with Crippen LogP contribution < -0.4 is 15.5 Å². The zero-order valence-electron chi connectivity index (χ0n) is 17.6. The Balaban J connectivity index is 1.29. The fourth-order valence-corrected chi connectivity index (χ4v) is 5.25. The third-order valence-corrected chi connectivity index (χ3v) is 6.87. The van der Waals surface area contributed by atoms with Gasteiger partial charge in [0.15, 0.2) is 5.82 Å². The van der Waals surface area contributed by atoms with Gasteiger partial charge in [0, 0.05) is 37.2 Å². The molecule has 0 bridgehead atoms. The van der Waals surface area contributed by atoms with E-state index in [1.165, 1.54) is 24.8 Å². The Kier molecular flexibility index (Phi) is 4.56. The summed E-state index contributed by atoms with van der Waals surface area (Å²) in [5, 5.41) is 15.5. The number of fused-ring (bicyclic) bond motifs is 4. The van der Waals surface area contributed by atoms with Gasteiger partial charge in [-0.3, -0.25) is 0 Å². The topological polar surface area (TPSA) is 106 Å². The first-order valence-corrected chi connectivity index (χ1v) is 11.3. The normalized spacial score (nSPS) is 20.2. The van der Waals surface area contributed by atoms with Gasteiger partial charge in [-0.1, -0.05) is 19.3 Å². The van der Waals surface area contributed by atoms with E-state index >= 15 is 0 Å². The molecule has 9 heteroatoms. The van der Waals surface area contributed by atoms with Crippen molar-refractivity contribution >= 4 is 34.3 Å². The lowest BCUT2D eigenvalue weighted by Crippen LogP contribution is -2.43. The van der Waals surface area contributed by atoms with Crippen molar-refractivity contribution in [2.75, 3.05) is 42.9 Å². The highest BCUT2D eigenvalue weighted by atomic mass is 15.2. The van der Waals surface area contributed by atoms with Gasteiger partial charge in [0.25, 0.3) is 0 Å². The molecule has 2 aliphatic heterocycles. The summed E-state index contributed by atoms with van der Waals surface area (Å²) in [5.74, 6) is 2.16. The third-order valence-electron chi connectivity index (χ3n) is 6.87. The molecule has 3 aromatic rings. The molecule has 0 atom stereocenters. The molecule has 5 heterocycles. The van der Waals surface area contributed by atoms with Crippen LogP contribution in [0.3, 0.4) is 0 Å². The van der Waals surface area contributed by atoms with Crippen LogP contribution in [0.5, 0.6) is 0 Å². The lowest BCUT2D eigenvalue weighted by atomic mass is 9.69. The predicted molar refractivity (Wildman–Crippen MR) is 121 cm³/mol. The molecular weight excluding hydrogens is 390 g/mol. The number of azo groups is 1. The molecule has 0 radical (unpaired) electrons. The number of piperazine rings is 1. The fourth-order valence-electron chi connectivity index (χ4n) is 5.25. The van der Waals surface area contributed by atoms with Crippen molar-refractivity contribution < 1.29 is 0 Å². The molecule has 6 rings (SSSR count). The Morgan fingerprint density at radius 3 is 2.68 bits per heavy atom. The molecule has 31 heavy (non-hydrogen) atoms. The number of pyridine rings is 1. The summed E-state index contributed by atoms with van der Waals surface area (Å²) in [6.07, 6.45) is 9.82. The van der Waals surface area contributed by atoms with Crippen molar-refractivity contribution in [3.05, 3.63) is 30.1 Å². The highest BCUT2D eigenvalue weighted by Gasteiger charge is 2.41. The highest BCUT2D eigenvalue weighted by Crippen LogP contribution is 2.48. The van der Waals surface area contributed by atoms with Gasteiger partial charge >= 0.3 is 0 Å². The Labute approximate surface area is 180 Å². The summed E-state index contributed by atoms with van der Waals surface area (Å²) < 4.78 is 0. The maximum Gasteiger partial charge on any atom is 0.229 e. The Morgan fingerprint density at radius 1 is 1.00 bits per heavy atom. The average molecular weight is 418 g/mol. The third kappa shape index (κ3) is 3.33. The van der Waals surface area contributed by atoms with E-state index in [0.717, 1.165) is 73.9 Å². The number of nitrogens with one attached hydrogen (secondary N) is 3. The van der Waals surface area contributed by atoms with Gasteiger partial charge in [-0.05, 0) is 25.0 Å². The second-order valence-corrected chi connectivity index (χ2v) is 8.81. The number of hydrogen-bond acceptors (Lipinski definition) is 8. The number of aromatic nitrogens is 4. The summed E-state index contributed by atoms with van der Waals surface area (Å²) in [6.45, 7) is 4.79. The van der Waals surface area contributed by atoms with Crippen LogP contribution in [0.25, 0.3) is 11.0 Å². The molecule has 1 saturated carbocycles. The SMILES string of the molecule is c1cc(Nc2ncc3[nH]c4c(c3n2)C2(CCCCC2)CN=N4)ncc1N1CCNCC1. The van der Waals surface area contributed by atoms with Gasteiger partial charge in [0.05, 0.1) is 35.7 Å². The zero-order chi connectivity index (χ0) is 20.7. The van der Waals surface area contributed by atoms with Crippen molar-refractivity contribution in [1.82, 2.24) is 25.3 Å². The molecule has 0 amide bonds. The van der Waals surface area contributed by atoms with Crippen molar-refractivity contribution in [2.24, 2.45) is 10.2 Å². The average Bonchev–Trinajstić information content (AvgIpc) is 3.20. The van der Waals surface area contributed by atoms with Crippen LogP contribution in [-0.2, 0) is 5.41 Å². The Hall–Kier alpha value is -3.07. The Bertz CT molecular complexity index is 1110. The number of H-pyrrole nitrogens is 1. The van der Waals surface area contributed by atoms with E-state index in [9.17, 15) is 0 Å². The number of rotatable bonds is 3. The second kappa shape index (κ2) is 7.56. The summed E-state index contributed by atoms with van der Waals surface area (Å²) in [5.41, 5.74) is 4.31. The number of hydrogen-bond donors (Lipinski definition) is 3. The van der Waals surface area contributed by atoms with Crippen molar-refractivity contribution in [3.8, 4) is 0 Å². The lowest BCUT2D eigenvalue weighted by Gasteiger charge is -2.37. The van der Waals surface area contributed by atoms with E-state index in [1.807, 2.05) is 18.5 Å². The van der Waals surface area contributed by atoms with Crippen LogP contribution in [-0.4, -0.2) is 52.7 Å². The van der Waals surface area contributed by atoms with Crippen LogP contribution in [0.1, 0.15) is 37.7 Å². The maximum atomic E-state index is 4.89. The van der Waals surface area contributed by atoms with Gasteiger partial charge in [-0.2, -0.15) is 5.11 Å². The molecular formula is C22H27N9. The molecule has 3 N–H and O–H groups in total. The van der Waals surface area contributed by atoms with Crippen molar-refractivity contribution in [3.63, 3.8) is 0 Å². The van der Waals surface area contributed by atoms with Crippen LogP contribution in [0.15, 0.2) is 34.8 Å². The van der Waals surface area contributed by atoms with Crippen molar-refractivity contribution in [1.29, 1.82) is 0 Å². The maximum absolute atomic E-state index is 4.89. The molecule has 1 saturated heterocycles. The van der Waals surface area contributed by atoms with Crippen LogP contribution in [0.2, 0.25) is 0 Å².